The molecule has 0 unspecified atom stereocenters. The molecule has 3 rings (SSSR count). The Balaban J connectivity index is 1.54. The van der Waals surface area contributed by atoms with Crippen LogP contribution in [0.3, 0.4) is 0 Å². The SMILES string of the molecule is CCC(F)(F)C[C@H](C)CCCCCc1cccc(-c2cccc3c2CCC3)c1Cl. The predicted octanol–water partition coefficient (Wildman–Crippen LogP) is 8.67. The fourth-order valence-electron chi connectivity index (χ4n) is 4.59. The maximum atomic E-state index is 13.5. The number of hydrogen-bond donors (Lipinski definition) is 0. The molecule has 0 aromatic heterocycles. The van der Waals surface area contributed by atoms with Crippen LogP contribution in [0.25, 0.3) is 11.1 Å². The first-order chi connectivity index (χ1) is 13.9. The molecule has 158 valence electrons. The minimum absolute atomic E-state index is 0.0127. The minimum Gasteiger partial charge on any atom is -0.207 e. The number of halogens is 3. The van der Waals surface area contributed by atoms with Crippen LogP contribution >= 0.6 is 11.6 Å². The van der Waals surface area contributed by atoms with Crippen LogP contribution in [0, 0.1) is 5.92 Å². The summed E-state index contributed by atoms with van der Waals surface area (Å²) in [5, 5.41) is 0.878. The number of unbranched alkanes of at least 4 members (excludes halogenated alkanes) is 2. The van der Waals surface area contributed by atoms with Gasteiger partial charge in [-0.15, -0.1) is 0 Å². The van der Waals surface area contributed by atoms with E-state index in [9.17, 15) is 8.78 Å². The summed E-state index contributed by atoms with van der Waals surface area (Å²) >= 11 is 6.81. The molecule has 0 spiro atoms. The van der Waals surface area contributed by atoms with Crippen molar-refractivity contribution in [1.82, 2.24) is 0 Å². The molecule has 2 aromatic rings. The molecule has 0 N–H and O–H groups in total. The van der Waals surface area contributed by atoms with Crippen LogP contribution in [0.1, 0.15) is 75.5 Å². The zero-order valence-electron chi connectivity index (χ0n) is 17.7. The summed E-state index contributed by atoms with van der Waals surface area (Å²) in [4.78, 5) is 0. The first-order valence-corrected chi connectivity index (χ1v) is 11.6. The normalized spacial score (nSPS) is 14.8. The molecular formula is C26H33ClF2. The Kier molecular flexibility index (Phi) is 7.73. The highest BCUT2D eigenvalue weighted by Gasteiger charge is 2.28. The van der Waals surface area contributed by atoms with Crippen LogP contribution in [0.15, 0.2) is 36.4 Å². The smallest absolute Gasteiger partial charge is 0.207 e. The van der Waals surface area contributed by atoms with Crippen molar-refractivity contribution in [2.24, 2.45) is 5.92 Å². The van der Waals surface area contributed by atoms with E-state index in [2.05, 4.69) is 36.4 Å². The predicted molar refractivity (Wildman–Crippen MR) is 120 cm³/mol. The highest BCUT2D eigenvalue weighted by molar-refractivity contribution is 6.34. The van der Waals surface area contributed by atoms with Gasteiger partial charge in [-0.1, -0.05) is 81.1 Å². The fourth-order valence-corrected chi connectivity index (χ4v) is 4.92. The quantitative estimate of drug-likeness (QED) is 0.338. The van der Waals surface area contributed by atoms with Crippen molar-refractivity contribution in [3.63, 3.8) is 0 Å². The van der Waals surface area contributed by atoms with Crippen LogP contribution in [0.2, 0.25) is 5.02 Å². The lowest BCUT2D eigenvalue weighted by molar-refractivity contribution is -0.0255. The summed E-state index contributed by atoms with van der Waals surface area (Å²) in [6.45, 7) is 3.51. The van der Waals surface area contributed by atoms with Crippen LogP contribution in [-0.2, 0) is 19.3 Å². The third kappa shape index (κ3) is 5.81. The van der Waals surface area contributed by atoms with Crippen molar-refractivity contribution in [2.45, 2.75) is 84.0 Å². The van der Waals surface area contributed by atoms with Gasteiger partial charge in [-0.2, -0.15) is 0 Å². The van der Waals surface area contributed by atoms with E-state index < -0.39 is 5.92 Å². The molecule has 1 atom stereocenters. The molecule has 29 heavy (non-hydrogen) atoms. The molecule has 1 aliphatic carbocycles. The molecule has 0 bridgehead atoms. The summed E-state index contributed by atoms with van der Waals surface area (Å²) in [6, 6.07) is 12.9. The van der Waals surface area contributed by atoms with Gasteiger partial charge in [0.15, 0.2) is 0 Å². The lowest BCUT2D eigenvalue weighted by atomic mass is 9.93. The monoisotopic (exact) mass is 418 g/mol. The molecule has 0 nitrogen and oxygen atoms in total. The second-order valence-electron chi connectivity index (χ2n) is 8.69. The molecule has 0 saturated carbocycles. The lowest BCUT2D eigenvalue weighted by Crippen LogP contribution is -2.18. The second-order valence-corrected chi connectivity index (χ2v) is 9.07. The van der Waals surface area contributed by atoms with Gasteiger partial charge in [0.2, 0.25) is 5.92 Å². The Hall–Kier alpha value is -1.41. The standard InChI is InChI=1S/C26H33ClF2/c1-3-26(28,29)18-19(2)10-5-4-6-11-21-14-9-17-24(25(21)27)23-16-8-13-20-12-7-15-22(20)23/h8-9,13-14,16-17,19H,3-7,10-12,15,18H2,1-2H3/t19-/m1/s1. The summed E-state index contributed by atoms with van der Waals surface area (Å²) in [5.74, 6) is -2.43. The number of aryl methyl sites for hydroxylation is 2. The van der Waals surface area contributed by atoms with Crippen molar-refractivity contribution in [3.05, 3.63) is 58.1 Å². The molecule has 0 heterocycles. The van der Waals surface area contributed by atoms with E-state index in [0.717, 1.165) is 49.1 Å². The zero-order valence-corrected chi connectivity index (χ0v) is 18.5. The molecule has 0 radical (unpaired) electrons. The average molecular weight is 419 g/mol. The van der Waals surface area contributed by atoms with Crippen LogP contribution < -0.4 is 0 Å². The maximum absolute atomic E-state index is 13.5. The van der Waals surface area contributed by atoms with Crippen LogP contribution in [0.5, 0.6) is 0 Å². The lowest BCUT2D eigenvalue weighted by Gasteiger charge is -2.19. The second kappa shape index (κ2) is 10.1. The van der Waals surface area contributed by atoms with Crippen LogP contribution in [0.4, 0.5) is 8.78 Å². The van der Waals surface area contributed by atoms with Gasteiger partial charge in [-0.3, -0.25) is 0 Å². The maximum Gasteiger partial charge on any atom is 0.248 e. The van der Waals surface area contributed by atoms with E-state index in [1.165, 1.54) is 35.1 Å². The highest BCUT2D eigenvalue weighted by atomic mass is 35.5. The molecular weight excluding hydrogens is 386 g/mol. The number of fused-ring (bicyclic) bond motifs is 1. The van der Waals surface area contributed by atoms with Crippen molar-refractivity contribution < 1.29 is 8.78 Å². The Morgan fingerprint density at radius 2 is 1.76 bits per heavy atom. The van der Waals surface area contributed by atoms with Gasteiger partial charge in [-0.05, 0) is 60.3 Å². The molecule has 0 saturated heterocycles. The molecule has 2 aromatic carbocycles. The number of rotatable bonds is 10. The van der Waals surface area contributed by atoms with E-state index in [1.807, 2.05) is 6.92 Å². The van der Waals surface area contributed by atoms with Crippen molar-refractivity contribution in [1.29, 1.82) is 0 Å². The Morgan fingerprint density at radius 3 is 2.55 bits per heavy atom. The minimum atomic E-state index is -2.51. The number of alkyl halides is 2. The molecule has 0 aliphatic heterocycles. The van der Waals surface area contributed by atoms with Gasteiger partial charge < -0.3 is 0 Å². The Morgan fingerprint density at radius 1 is 1.00 bits per heavy atom. The Labute approximate surface area is 179 Å². The third-order valence-electron chi connectivity index (χ3n) is 6.32. The van der Waals surface area contributed by atoms with E-state index in [-0.39, 0.29) is 18.8 Å². The van der Waals surface area contributed by atoms with E-state index >= 15 is 0 Å². The van der Waals surface area contributed by atoms with Gasteiger partial charge in [0.25, 0.3) is 0 Å². The molecule has 0 fully saturated rings. The van der Waals surface area contributed by atoms with Gasteiger partial charge >= 0.3 is 0 Å². The van der Waals surface area contributed by atoms with Crippen molar-refractivity contribution in [3.8, 4) is 11.1 Å². The summed E-state index contributed by atoms with van der Waals surface area (Å²) in [7, 11) is 0. The highest BCUT2D eigenvalue weighted by Crippen LogP contribution is 2.37. The van der Waals surface area contributed by atoms with Crippen LogP contribution in [-0.4, -0.2) is 5.92 Å². The van der Waals surface area contributed by atoms with Gasteiger partial charge in [-0.25, -0.2) is 8.78 Å². The molecule has 1 aliphatic rings. The van der Waals surface area contributed by atoms with E-state index in [0.29, 0.717) is 0 Å². The fraction of sp³-hybridized carbons (Fsp3) is 0.538. The first-order valence-electron chi connectivity index (χ1n) is 11.2. The third-order valence-corrected chi connectivity index (χ3v) is 6.77. The van der Waals surface area contributed by atoms with Gasteiger partial charge in [0.05, 0.1) is 5.02 Å². The summed E-state index contributed by atoms with van der Waals surface area (Å²) in [6.07, 6.45) is 8.42. The zero-order chi connectivity index (χ0) is 20.9. The molecule has 0 amide bonds. The topological polar surface area (TPSA) is 0 Å². The number of benzene rings is 2. The summed E-state index contributed by atoms with van der Waals surface area (Å²) < 4.78 is 27.0. The molecule has 3 heteroatoms. The van der Waals surface area contributed by atoms with Crippen molar-refractivity contribution >= 4 is 11.6 Å². The largest absolute Gasteiger partial charge is 0.248 e. The van der Waals surface area contributed by atoms with Gasteiger partial charge in [0, 0.05) is 18.4 Å². The van der Waals surface area contributed by atoms with Crippen molar-refractivity contribution in [2.75, 3.05) is 0 Å². The van der Waals surface area contributed by atoms with E-state index in [1.54, 1.807) is 6.92 Å². The van der Waals surface area contributed by atoms with Gasteiger partial charge in [0.1, 0.15) is 0 Å². The van der Waals surface area contributed by atoms with E-state index in [4.69, 9.17) is 11.6 Å². The summed E-state index contributed by atoms with van der Waals surface area (Å²) in [5.41, 5.74) is 6.57. The average Bonchev–Trinajstić information content (AvgIpc) is 3.17. The first kappa shape index (κ1) is 22.3. The number of hydrogen-bond acceptors (Lipinski definition) is 0. The Bertz CT molecular complexity index is 812.